The van der Waals surface area contributed by atoms with Gasteiger partial charge in [0.1, 0.15) is 12.4 Å². The average Bonchev–Trinajstić information content (AvgIpc) is 2.58. The second kappa shape index (κ2) is 8.28. The maximum absolute atomic E-state index is 12.3. The van der Waals surface area contributed by atoms with Crippen molar-refractivity contribution in [2.75, 3.05) is 7.11 Å². The Kier molecular flexibility index (Phi) is 6.11. The molecule has 2 rings (SSSR count). The van der Waals surface area contributed by atoms with Crippen LogP contribution in [0.5, 0.6) is 17.2 Å². The number of rotatable bonds is 7. The molecule has 0 spiro atoms. The number of hydrogen-bond acceptors (Lipinski definition) is 4. The van der Waals surface area contributed by atoms with E-state index in [2.05, 4.69) is 4.74 Å². The molecular weight excluding hydrogens is 353 g/mol. The van der Waals surface area contributed by atoms with Crippen LogP contribution in [0.4, 0.5) is 13.2 Å². The number of carboxylic acid groups (broad SMARTS) is 1. The minimum absolute atomic E-state index is 0.0578. The molecular formula is C18H15F3O5. The molecule has 2 aromatic rings. The lowest BCUT2D eigenvalue weighted by atomic mass is 10.2. The highest BCUT2D eigenvalue weighted by Gasteiger charge is 2.32. The van der Waals surface area contributed by atoms with Crippen LogP contribution in [0.25, 0.3) is 6.08 Å². The first-order valence-electron chi connectivity index (χ1n) is 7.33. The van der Waals surface area contributed by atoms with Gasteiger partial charge in [-0.15, -0.1) is 13.2 Å². The lowest BCUT2D eigenvalue weighted by Gasteiger charge is -2.14. The van der Waals surface area contributed by atoms with Crippen molar-refractivity contribution in [2.45, 2.75) is 13.0 Å². The molecule has 0 unspecified atom stereocenters. The summed E-state index contributed by atoms with van der Waals surface area (Å²) in [6.45, 7) is 0.104. The summed E-state index contributed by atoms with van der Waals surface area (Å²) in [5.41, 5.74) is 1.28. The summed E-state index contributed by atoms with van der Waals surface area (Å²) in [7, 11) is 1.24. The Morgan fingerprint density at radius 1 is 1.12 bits per heavy atom. The van der Waals surface area contributed by atoms with Crippen LogP contribution < -0.4 is 14.2 Å². The topological polar surface area (TPSA) is 65.0 Å². The van der Waals surface area contributed by atoms with Crippen molar-refractivity contribution in [1.29, 1.82) is 0 Å². The van der Waals surface area contributed by atoms with Gasteiger partial charge in [-0.05, 0) is 41.5 Å². The molecule has 0 aliphatic rings. The Hall–Kier alpha value is -3.16. The van der Waals surface area contributed by atoms with Crippen LogP contribution in [0, 0.1) is 0 Å². The number of aliphatic carboxylic acids is 1. The van der Waals surface area contributed by atoms with E-state index in [9.17, 15) is 18.0 Å². The van der Waals surface area contributed by atoms with Crippen LogP contribution in [-0.2, 0) is 11.4 Å². The summed E-state index contributed by atoms with van der Waals surface area (Å²) >= 11 is 0. The molecule has 8 heteroatoms. The van der Waals surface area contributed by atoms with Crippen molar-refractivity contribution < 1.29 is 37.3 Å². The summed E-state index contributed by atoms with van der Waals surface area (Å²) in [5.74, 6) is -1.01. The van der Waals surface area contributed by atoms with Gasteiger partial charge in [-0.2, -0.15) is 0 Å². The molecule has 0 saturated heterocycles. The SMILES string of the molecule is COc1cc(COc2ccc(C=CC(=O)O)cc2)ccc1OC(F)(F)F. The summed E-state index contributed by atoms with van der Waals surface area (Å²) in [6.07, 6.45) is -2.34. The third kappa shape index (κ3) is 6.04. The molecule has 0 aliphatic heterocycles. The third-order valence-electron chi connectivity index (χ3n) is 3.16. The standard InChI is InChI=1S/C18H15F3O5/c1-24-16-10-13(4-8-15(16)26-18(19,20)21)11-25-14-6-2-12(3-7-14)5-9-17(22)23/h2-10H,11H2,1H3,(H,22,23). The second-order valence-electron chi connectivity index (χ2n) is 5.06. The van der Waals surface area contributed by atoms with Gasteiger partial charge >= 0.3 is 12.3 Å². The van der Waals surface area contributed by atoms with Crippen molar-refractivity contribution in [3.8, 4) is 17.2 Å². The molecule has 2 aromatic carbocycles. The molecule has 0 aromatic heterocycles. The first-order chi connectivity index (χ1) is 12.3. The van der Waals surface area contributed by atoms with Gasteiger partial charge in [0.15, 0.2) is 11.5 Å². The summed E-state index contributed by atoms with van der Waals surface area (Å²) in [5, 5.41) is 8.57. The predicted octanol–water partition coefficient (Wildman–Crippen LogP) is 4.27. The number of carbonyl (C=O) groups is 1. The molecule has 5 nitrogen and oxygen atoms in total. The second-order valence-corrected chi connectivity index (χ2v) is 5.06. The molecule has 0 amide bonds. The molecule has 138 valence electrons. The molecule has 1 N–H and O–H groups in total. The van der Waals surface area contributed by atoms with E-state index in [4.69, 9.17) is 14.6 Å². The van der Waals surface area contributed by atoms with Gasteiger partial charge < -0.3 is 19.3 Å². The van der Waals surface area contributed by atoms with Gasteiger partial charge in [-0.25, -0.2) is 4.79 Å². The zero-order valence-corrected chi connectivity index (χ0v) is 13.6. The van der Waals surface area contributed by atoms with E-state index >= 15 is 0 Å². The zero-order chi connectivity index (χ0) is 19.2. The highest BCUT2D eigenvalue weighted by Crippen LogP contribution is 2.33. The van der Waals surface area contributed by atoms with Crippen LogP contribution in [0.2, 0.25) is 0 Å². The highest BCUT2D eigenvalue weighted by molar-refractivity contribution is 5.85. The maximum Gasteiger partial charge on any atom is 0.573 e. The largest absolute Gasteiger partial charge is 0.573 e. The van der Waals surface area contributed by atoms with E-state index in [0.717, 1.165) is 12.1 Å². The number of carboxylic acids is 1. The van der Waals surface area contributed by atoms with E-state index in [0.29, 0.717) is 16.9 Å². The normalized spacial score (nSPS) is 11.4. The molecule has 0 bridgehead atoms. The number of halogens is 3. The fourth-order valence-corrected chi connectivity index (χ4v) is 2.02. The number of hydrogen-bond donors (Lipinski definition) is 1. The molecule has 0 saturated carbocycles. The quantitative estimate of drug-likeness (QED) is 0.740. The minimum atomic E-state index is -4.80. The van der Waals surface area contributed by atoms with Crippen molar-refractivity contribution in [1.82, 2.24) is 0 Å². The van der Waals surface area contributed by atoms with Gasteiger partial charge in [0, 0.05) is 6.08 Å². The first kappa shape index (κ1) is 19.2. The number of alkyl halides is 3. The lowest BCUT2D eigenvalue weighted by Crippen LogP contribution is -2.17. The van der Waals surface area contributed by atoms with Crippen molar-refractivity contribution in [3.63, 3.8) is 0 Å². The minimum Gasteiger partial charge on any atom is -0.493 e. The van der Waals surface area contributed by atoms with Crippen LogP contribution >= 0.6 is 0 Å². The molecule has 0 atom stereocenters. The lowest BCUT2D eigenvalue weighted by molar-refractivity contribution is -0.275. The van der Waals surface area contributed by atoms with Crippen molar-refractivity contribution in [2.24, 2.45) is 0 Å². The first-order valence-corrected chi connectivity index (χ1v) is 7.33. The van der Waals surface area contributed by atoms with Crippen LogP contribution in [-0.4, -0.2) is 24.5 Å². The van der Waals surface area contributed by atoms with Gasteiger partial charge in [-0.3, -0.25) is 0 Å². The van der Waals surface area contributed by atoms with Gasteiger partial charge in [0.25, 0.3) is 0 Å². The molecule has 0 radical (unpaired) electrons. The number of methoxy groups -OCH3 is 1. The Morgan fingerprint density at radius 2 is 1.81 bits per heavy atom. The fraction of sp³-hybridized carbons (Fsp3) is 0.167. The predicted molar refractivity (Wildman–Crippen MR) is 87.1 cm³/mol. The zero-order valence-electron chi connectivity index (χ0n) is 13.6. The smallest absolute Gasteiger partial charge is 0.493 e. The molecule has 0 aliphatic carbocycles. The summed E-state index contributed by atoms with van der Waals surface area (Å²) in [6, 6.07) is 10.6. The molecule has 0 heterocycles. The number of benzene rings is 2. The van der Waals surface area contributed by atoms with Gasteiger partial charge in [0.05, 0.1) is 7.11 Å². The van der Waals surface area contributed by atoms with E-state index in [1.807, 2.05) is 0 Å². The Morgan fingerprint density at radius 3 is 2.38 bits per heavy atom. The van der Waals surface area contributed by atoms with Crippen LogP contribution in [0.1, 0.15) is 11.1 Å². The van der Waals surface area contributed by atoms with E-state index < -0.39 is 18.1 Å². The van der Waals surface area contributed by atoms with Crippen LogP contribution in [0.15, 0.2) is 48.5 Å². The summed E-state index contributed by atoms with van der Waals surface area (Å²) in [4.78, 5) is 10.5. The highest BCUT2D eigenvalue weighted by atomic mass is 19.4. The van der Waals surface area contributed by atoms with Crippen molar-refractivity contribution in [3.05, 3.63) is 59.7 Å². The van der Waals surface area contributed by atoms with E-state index in [1.165, 1.54) is 25.3 Å². The summed E-state index contributed by atoms with van der Waals surface area (Å²) < 4.78 is 51.3. The Labute approximate surface area is 147 Å². The third-order valence-corrected chi connectivity index (χ3v) is 3.16. The molecule has 26 heavy (non-hydrogen) atoms. The average molecular weight is 368 g/mol. The van der Waals surface area contributed by atoms with E-state index in [1.54, 1.807) is 24.3 Å². The molecule has 0 fully saturated rings. The van der Waals surface area contributed by atoms with Crippen LogP contribution in [0.3, 0.4) is 0 Å². The monoisotopic (exact) mass is 368 g/mol. The van der Waals surface area contributed by atoms with E-state index in [-0.39, 0.29) is 12.4 Å². The fourth-order valence-electron chi connectivity index (χ4n) is 2.02. The Balaban J connectivity index is 2.02. The van der Waals surface area contributed by atoms with Gasteiger partial charge in [-0.1, -0.05) is 18.2 Å². The Bertz CT molecular complexity index is 782. The van der Waals surface area contributed by atoms with Gasteiger partial charge in [0.2, 0.25) is 0 Å². The van der Waals surface area contributed by atoms with Crippen molar-refractivity contribution >= 4 is 12.0 Å². The maximum atomic E-state index is 12.3. The number of ether oxygens (including phenoxy) is 3.